The normalized spacial score (nSPS) is 16.5. The van der Waals surface area contributed by atoms with Crippen molar-refractivity contribution >= 4 is 39.1 Å². The summed E-state index contributed by atoms with van der Waals surface area (Å²) in [6.45, 7) is 5.55. The Morgan fingerprint density at radius 3 is 2.51 bits per heavy atom. The Bertz CT molecular complexity index is 1390. The van der Waals surface area contributed by atoms with E-state index in [0.717, 1.165) is 16.9 Å². The maximum absolute atomic E-state index is 13.3. The number of amides is 1. The molecule has 0 bridgehead atoms. The number of benzene rings is 1. The molecule has 11 heteroatoms. The Balaban J connectivity index is 1.29. The van der Waals surface area contributed by atoms with Gasteiger partial charge in [0.25, 0.3) is 0 Å². The lowest BCUT2D eigenvalue weighted by Gasteiger charge is -2.35. The van der Waals surface area contributed by atoms with Crippen molar-refractivity contribution in [1.82, 2.24) is 19.3 Å². The number of anilines is 4. The molecule has 2 N–H and O–H groups in total. The van der Waals surface area contributed by atoms with E-state index in [2.05, 4.69) is 30.5 Å². The van der Waals surface area contributed by atoms with Gasteiger partial charge in [-0.3, -0.25) is 4.79 Å². The molecule has 4 heterocycles. The number of hydrogen-bond acceptors (Lipinski definition) is 8. The zero-order valence-electron chi connectivity index (χ0n) is 19.7. The minimum Gasteiger partial charge on any atom is -0.354 e. The molecular weight excluding hydrogens is 466 g/mol. The average molecular weight is 494 g/mol. The highest BCUT2D eigenvalue weighted by molar-refractivity contribution is 7.89. The van der Waals surface area contributed by atoms with E-state index in [9.17, 15) is 13.2 Å². The van der Waals surface area contributed by atoms with Gasteiger partial charge in [0.1, 0.15) is 23.3 Å². The van der Waals surface area contributed by atoms with Crippen LogP contribution in [0.4, 0.5) is 23.1 Å². The molecule has 2 aromatic heterocycles. The first-order valence-corrected chi connectivity index (χ1v) is 13.0. The van der Waals surface area contributed by atoms with Crippen molar-refractivity contribution in [2.45, 2.75) is 31.6 Å². The fourth-order valence-corrected chi connectivity index (χ4v) is 5.81. The van der Waals surface area contributed by atoms with Gasteiger partial charge in [-0.2, -0.15) is 4.31 Å². The molecule has 2 aliphatic heterocycles. The first-order valence-electron chi connectivity index (χ1n) is 11.5. The van der Waals surface area contributed by atoms with Crippen molar-refractivity contribution in [2.75, 3.05) is 41.7 Å². The smallest absolute Gasteiger partial charge is 0.243 e. The number of sulfonamides is 1. The number of piperazine rings is 1. The van der Waals surface area contributed by atoms with Gasteiger partial charge in [-0.1, -0.05) is 0 Å². The molecule has 35 heavy (non-hydrogen) atoms. The van der Waals surface area contributed by atoms with Gasteiger partial charge in [0.15, 0.2) is 0 Å². The lowest BCUT2D eigenvalue weighted by Crippen LogP contribution is -2.49. The molecule has 0 radical (unpaired) electrons. The van der Waals surface area contributed by atoms with E-state index < -0.39 is 10.0 Å². The molecule has 2 aliphatic rings. The van der Waals surface area contributed by atoms with Crippen molar-refractivity contribution in [2.24, 2.45) is 0 Å². The van der Waals surface area contributed by atoms with Crippen molar-refractivity contribution in [1.29, 1.82) is 0 Å². The summed E-state index contributed by atoms with van der Waals surface area (Å²) in [5, 5.41) is 6.02. The summed E-state index contributed by atoms with van der Waals surface area (Å²) >= 11 is 0. The third kappa shape index (κ3) is 4.96. The number of carbonyl (C=O) groups is 1. The van der Waals surface area contributed by atoms with Crippen LogP contribution in [-0.4, -0.2) is 59.8 Å². The monoisotopic (exact) mass is 493 g/mol. The van der Waals surface area contributed by atoms with E-state index >= 15 is 0 Å². The Hall–Kier alpha value is -3.57. The Morgan fingerprint density at radius 1 is 0.943 bits per heavy atom. The Morgan fingerprint density at radius 2 is 1.74 bits per heavy atom. The minimum atomic E-state index is -3.64. The Kier molecular flexibility index (Phi) is 6.12. The van der Waals surface area contributed by atoms with E-state index in [1.165, 1.54) is 4.31 Å². The van der Waals surface area contributed by atoms with Crippen LogP contribution in [0, 0.1) is 13.8 Å². The number of pyridine rings is 1. The number of carbonyl (C=O) groups excluding carboxylic acids is 1. The van der Waals surface area contributed by atoms with E-state index in [1.807, 2.05) is 32.0 Å². The molecule has 1 amide bonds. The van der Waals surface area contributed by atoms with Crippen LogP contribution in [0.25, 0.3) is 0 Å². The standard InChI is InChI=1S/C24H27N7O3S/c1-16-7-8-25-21(13-16)29-22-15-23(27-17(2)26-22)30-9-11-31(12-10-30)35(33,34)19-4-5-20-18(14-19)3-6-24(32)28-20/h4-5,7-8,13-15H,3,6,9-12H2,1-2H3,(H,28,32)(H,25,26,27,29). The molecule has 1 saturated heterocycles. The summed E-state index contributed by atoms with van der Waals surface area (Å²) in [5.74, 6) is 2.66. The summed E-state index contributed by atoms with van der Waals surface area (Å²) in [7, 11) is -3.64. The number of rotatable bonds is 5. The lowest BCUT2D eigenvalue weighted by molar-refractivity contribution is -0.116. The van der Waals surface area contributed by atoms with Crippen molar-refractivity contribution < 1.29 is 13.2 Å². The van der Waals surface area contributed by atoms with Gasteiger partial charge in [0, 0.05) is 50.6 Å². The maximum Gasteiger partial charge on any atom is 0.243 e. The zero-order valence-corrected chi connectivity index (χ0v) is 20.5. The number of aryl methyl sites for hydroxylation is 3. The lowest BCUT2D eigenvalue weighted by atomic mass is 10.0. The molecule has 0 saturated carbocycles. The fraction of sp³-hybridized carbons (Fsp3) is 0.333. The third-order valence-corrected chi connectivity index (χ3v) is 8.06. The van der Waals surface area contributed by atoms with Gasteiger partial charge >= 0.3 is 0 Å². The van der Waals surface area contributed by atoms with Crippen LogP contribution in [0.5, 0.6) is 0 Å². The van der Waals surface area contributed by atoms with E-state index in [4.69, 9.17) is 0 Å². The van der Waals surface area contributed by atoms with Crippen molar-refractivity contribution in [3.63, 3.8) is 0 Å². The summed E-state index contributed by atoms with van der Waals surface area (Å²) in [5.41, 5.74) is 2.63. The minimum absolute atomic E-state index is 0.0438. The topological polar surface area (TPSA) is 120 Å². The first kappa shape index (κ1) is 23.2. The average Bonchev–Trinajstić information content (AvgIpc) is 2.83. The molecule has 0 unspecified atom stereocenters. The van der Waals surface area contributed by atoms with Crippen LogP contribution in [0.3, 0.4) is 0 Å². The molecule has 0 spiro atoms. The van der Waals surface area contributed by atoms with Crippen LogP contribution >= 0.6 is 0 Å². The second kappa shape index (κ2) is 9.23. The molecule has 182 valence electrons. The van der Waals surface area contributed by atoms with Crippen LogP contribution in [0.2, 0.25) is 0 Å². The molecule has 0 aliphatic carbocycles. The van der Waals surface area contributed by atoms with Gasteiger partial charge in [-0.25, -0.2) is 23.4 Å². The number of nitrogens with one attached hydrogen (secondary N) is 2. The van der Waals surface area contributed by atoms with E-state index in [0.29, 0.717) is 62.2 Å². The number of nitrogens with zero attached hydrogens (tertiary/aromatic N) is 5. The van der Waals surface area contributed by atoms with Crippen molar-refractivity contribution in [3.05, 3.63) is 59.5 Å². The second-order valence-electron chi connectivity index (χ2n) is 8.76. The van der Waals surface area contributed by atoms with Gasteiger partial charge < -0.3 is 15.5 Å². The van der Waals surface area contributed by atoms with Crippen LogP contribution in [-0.2, 0) is 21.2 Å². The molecule has 5 rings (SSSR count). The predicted molar refractivity (Wildman–Crippen MR) is 133 cm³/mol. The number of aromatic nitrogens is 3. The van der Waals surface area contributed by atoms with Crippen LogP contribution in [0.15, 0.2) is 47.5 Å². The highest BCUT2D eigenvalue weighted by Crippen LogP contribution is 2.28. The Labute approximate surface area is 204 Å². The predicted octanol–water partition coefficient (Wildman–Crippen LogP) is 2.63. The van der Waals surface area contributed by atoms with Gasteiger partial charge in [0.05, 0.1) is 4.90 Å². The van der Waals surface area contributed by atoms with E-state index in [-0.39, 0.29) is 10.8 Å². The molecule has 1 fully saturated rings. The zero-order chi connectivity index (χ0) is 24.6. The molecule has 3 aromatic rings. The maximum atomic E-state index is 13.3. The third-order valence-electron chi connectivity index (χ3n) is 6.17. The fourth-order valence-electron chi connectivity index (χ4n) is 4.34. The SMILES string of the molecule is Cc1ccnc(Nc2cc(N3CCN(S(=O)(=O)c4ccc5c(c4)CCC(=O)N5)CC3)nc(C)n2)c1. The van der Waals surface area contributed by atoms with Gasteiger partial charge in [-0.15, -0.1) is 0 Å². The molecule has 1 aromatic carbocycles. The van der Waals surface area contributed by atoms with Crippen molar-refractivity contribution in [3.8, 4) is 0 Å². The molecular formula is C24H27N7O3S. The van der Waals surface area contributed by atoms with E-state index in [1.54, 1.807) is 24.4 Å². The summed E-state index contributed by atoms with van der Waals surface area (Å²) in [4.78, 5) is 27.3. The highest BCUT2D eigenvalue weighted by Gasteiger charge is 2.30. The second-order valence-corrected chi connectivity index (χ2v) is 10.7. The molecule has 10 nitrogen and oxygen atoms in total. The van der Waals surface area contributed by atoms with Gasteiger partial charge in [-0.05, 0) is 61.7 Å². The quantitative estimate of drug-likeness (QED) is 0.557. The number of fused-ring (bicyclic) bond motifs is 1. The summed E-state index contributed by atoms with van der Waals surface area (Å²) < 4.78 is 28.1. The van der Waals surface area contributed by atoms with Crippen LogP contribution in [0.1, 0.15) is 23.4 Å². The van der Waals surface area contributed by atoms with Gasteiger partial charge in [0.2, 0.25) is 15.9 Å². The summed E-state index contributed by atoms with van der Waals surface area (Å²) in [6.07, 6.45) is 2.65. The number of hydrogen-bond donors (Lipinski definition) is 2. The molecule has 0 atom stereocenters. The summed E-state index contributed by atoms with van der Waals surface area (Å²) in [6, 6.07) is 10.7. The largest absolute Gasteiger partial charge is 0.354 e. The first-order chi connectivity index (χ1) is 16.8. The highest BCUT2D eigenvalue weighted by atomic mass is 32.2. The van der Waals surface area contributed by atoms with Crippen LogP contribution < -0.4 is 15.5 Å².